The topological polar surface area (TPSA) is 118 Å². The number of carboxylic acids is 2. The summed E-state index contributed by atoms with van der Waals surface area (Å²) in [5.41, 5.74) is 1.32. The predicted molar refractivity (Wildman–Crippen MR) is 103 cm³/mol. The van der Waals surface area contributed by atoms with E-state index in [0.717, 1.165) is 0 Å². The molecule has 152 valence electrons. The third-order valence-corrected chi connectivity index (χ3v) is 4.44. The van der Waals surface area contributed by atoms with Gasteiger partial charge in [0, 0.05) is 11.8 Å². The smallest absolute Gasteiger partial charge is 0.314 e. The molecular formula is C22H22O7. The monoisotopic (exact) mass is 398 g/mol. The van der Waals surface area contributed by atoms with Gasteiger partial charge in [-0.2, -0.15) is 0 Å². The third-order valence-electron chi connectivity index (χ3n) is 4.44. The van der Waals surface area contributed by atoms with Crippen molar-refractivity contribution < 1.29 is 34.1 Å². The Bertz CT molecular complexity index is 774. The molecule has 0 fully saturated rings. The van der Waals surface area contributed by atoms with Crippen LogP contribution >= 0.6 is 0 Å². The molecule has 0 radical (unpaired) electrons. The number of carbonyl (C=O) groups excluding carboxylic acids is 2. The highest BCUT2D eigenvalue weighted by molar-refractivity contribution is 5.87. The number of hydrogen-bond acceptors (Lipinski definition) is 5. The van der Waals surface area contributed by atoms with Crippen LogP contribution in [0.4, 0.5) is 0 Å². The fourth-order valence-electron chi connectivity index (χ4n) is 3.10. The molecule has 29 heavy (non-hydrogen) atoms. The number of carboxylic acid groups (broad SMARTS) is 2. The minimum absolute atomic E-state index is 0.267. The maximum atomic E-state index is 12.2. The van der Waals surface area contributed by atoms with Crippen LogP contribution in [-0.2, 0) is 23.9 Å². The van der Waals surface area contributed by atoms with E-state index >= 15 is 0 Å². The molecule has 0 bridgehead atoms. The Morgan fingerprint density at radius 1 is 0.621 bits per heavy atom. The summed E-state index contributed by atoms with van der Waals surface area (Å²) >= 11 is 0. The van der Waals surface area contributed by atoms with Gasteiger partial charge in [0.1, 0.15) is 0 Å². The van der Waals surface area contributed by atoms with Crippen molar-refractivity contribution in [3.8, 4) is 0 Å². The minimum Gasteiger partial charge on any atom is -0.481 e. The second kappa shape index (κ2) is 10.8. The quantitative estimate of drug-likeness (QED) is 0.465. The summed E-state index contributed by atoms with van der Waals surface area (Å²) in [4.78, 5) is 46.6. The summed E-state index contributed by atoms with van der Waals surface area (Å²) < 4.78 is 4.85. The van der Waals surface area contributed by atoms with Crippen LogP contribution in [0.25, 0.3) is 0 Å². The first-order chi connectivity index (χ1) is 13.8. The summed E-state index contributed by atoms with van der Waals surface area (Å²) in [6, 6.07) is 17.3. The van der Waals surface area contributed by atoms with E-state index < -0.39 is 35.7 Å². The zero-order chi connectivity index (χ0) is 21.2. The molecule has 2 atom stereocenters. The molecule has 0 heterocycles. The summed E-state index contributed by atoms with van der Waals surface area (Å²) in [7, 11) is 0. The van der Waals surface area contributed by atoms with Crippen LogP contribution in [0.5, 0.6) is 0 Å². The molecule has 2 aromatic rings. The average molecular weight is 398 g/mol. The molecular weight excluding hydrogens is 376 g/mol. The van der Waals surface area contributed by atoms with Crippen LogP contribution in [0.1, 0.15) is 48.6 Å². The predicted octanol–water partition coefficient (Wildman–Crippen LogP) is 3.35. The molecule has 7 nitrogen and oxygen atoms in total. The van der Waals surface area contributed by atoms with E-state index in [2.05, 4.69) is 0 Å². The Labute approximate surface area is 167 Å². The summed E-state index contributed by atoms with van der Waals surface area (Å²) in [5.74, 6) is -5.07. The van der Waals surface area contributed by atoms with E-state index in [1.54, 1.807) is 60.7 Å². The van der Waals surface area contributed by atoms with E-state index in [1.165, 1.54) is 0 Å². The number of hydrogen-bond donors (Lipinski definition) is 2. The van der Waals surface area contributed by atoms with Crippen LogP contribution in [0.15, 0.2) is 60.7 Å². The van der Waals surface area contributed by atoms with Crippen molar-refractivity contribution in [1.29, 1.82) is 0 Å². The van der Waals surface area contributed by atoms with E-state index in [1.807, 2.05) is 0 Å². The average Bonchev–Trinajstić information content (AvgIpc) is 2.67. The first-order valence-electron chi connectivity index (χ1n) is 9.12. The van der Waals surface area contributed by atoms with Crippen molar-refractivity contribution in [2.45, 2.75) is 37.5 Å². The maximum absolute atomic E-state index is 12.2. The molecule has 0 aliphatic rings. The van der Waals surface area contributed by atoms with E-state index in [0.29, 0.717) is 11.1 Å². The van der Waals surface area contributed by atoms with Gasteiger partial charge in [0.25, 0.3) is 0 Å². The van der Waals surface area contributed by atoms with Gasteiger partial charge in [-0.1, -0.05) is 60.7 Å². The van der Waals surface area contributed by atoms with Gasteiger partial charge in [-0.3, -0.25) is 19.2 Å². The Morgan fingerprint density at radius 2 is 0.966 bits per heavy atom. The highest BCUT2D eigenvalue weighted by Crippen LogP contribution is 2.26. The Balaban J connectivity index is 2.01. The fraction of sp³-hybridized carbons (Fsp3) is 0.273. The summed E-state index contributed by atoms with van der Waals surface area (Å²) in [5, 5.41) is 18.2. The largest absolute Gasteiger partial charge is 0.481 e. The maximum Gasteiger partial charge on any atom is 0.314 e. The first-order valence-corrected chi connectivity index (χ1v) is 9.12. The number of aliphatic carboxylic acids is 2. The van der Waals surface area contributed by atoms with Crippen LogP contribution in [-0.4, -0.2) is 34.1 Å². The first kappa shape index (κ1) is 21.8. The van der Waals surface area contributed by atoms with Gasteiger partial charge in [0.05, 0.1) is 25.7 Å². The van der Waals surface area contributed by atoms with Crippen LogP contribution in [0, 0.1) is 0 Å². The van der Waals surface area contributed by atoms with Crippen molar-refractivity contribution in [3.63, 3.8) is 0 Å². The molecule has 0 aromatic heterocycles. The molecule has 0 amide bonds. The normalized spacial score (nSPS) is 12.6. The summed E-state index contributed by atoms with van der Waals surface area (Å²) in [6.45, 7) is 0. The molecule has 0 saturated carbocycles. The highest BCUT2D eigenvalue weighted by atomic mass is 16.6. The lowest BCUT2D eigenvalue weighted by Crippen LogP contribution is -2.19. The molecule has 0 spiro atoms. The lowest BCUT2D eigenvalue weighted by atomic mass is 9.92. The lowest BCUT2D eigenvalue weighted by Gasteiger charge is -2.16. The van der Waals surface area contributed by atoms with Gasteiger partial charge in [-0.05, 0) is 11.1 Å². The number of benzene rings is 2. The molecule has 2 N–H and O–H groups in total. The van der Waals surface area contributed by atoms with E-state index in [4.69, 9.17) is 14.9 Å². The Morgan fingerprint density at radius 3 is 1.28 bits per heavy atom. The second-order valence-corrected chi connectivity index (χ2v) is 6.67. The highest BCUT2D eigenvalue weighted by Gasteiger charge is 2.24. The van der Waals surface area contributed by atoms with Crippen LogP contribution in [0.3, 0.4) is 0 Å². The van der Waals surface area contributed by atoms with Crippen molar-refractivity contribution in [2.75, 3.05) is 0 Å². The number of carbonyl (C=O) groups is 4. The van der Waals surface area contributed by atoms with Gasteiger partial charge in [-0.25, -0.2) is 0 Å². The van der Waals surface area contributed by atoms with Gasteiger partial charge >= 0.3 is 23.9 Å². The van der Waals surface area contributed by atoms with Crippen molar-refractivity contribution >= 4 is 23.9 Å². The Kier molecular flexibility index (Phi) is 8.09. The number of rotatable bonds is 10. The van der Waals surface area contributed by atoms with Crippen LogP contribution in [0.2, 0.25) is 0 Å². The molecule has 0 aliphatic heterocycles. The zero-order valence-electron chi connectivity index (χ0n) is 15.7. The molecule has 2 unspecified atom stereocenters. The molecule has 0 saturated heterocycles. The minimum atomic E-state index is -1.07. The van der Waals surface area contributed by atoms with Crippen molar-refractivity contribution in [2.24, 2.45) is 0 Å². The van der Waals surface area contributed by atoms with E-state index in [9.17, 15) is 19.2 Å². The number of ether oxygens (including phenoxy) is 1. The SMILES string of the molecule is O=C(O)CC(CC(=O)OC(=O)CC(CC(=O)O)c1ccccc1)c1ccccc1. The Hall–Kier alpha value is -3.48. The van der Waals surface area contributed by atoms with Crippen molar-refractivity contribution in [3.05, 3.63) is 71.8 Å². The molecule has 7 heteroatoms. The third kappa shape index (κ3) is 7.57. The number of esters is 2. The fourth-order valence-corrected chi connectivity index (χ4v) is 3.10. The zero-order valence-corrected chi connectivity index (χ0v) is 15.7. The second-order valence-electron chi connectivity index (χ2n) is 6.67. The van der Waals surface area contributed by atoms with Gasteiger partial charge in [0.2, 0.25) is 0 Å². The van der Waals surface area contributed by atoms with Gasteiger partial charge < -0.3 is 14.9 Å². The molecule has 2 rings (SSSR count). The van der Waals surface area contributed by atoms with E-state index in [-0.39, 0.29) is 25.7 Å². The molecule has 2 aromatic carbocycles. The van der Waals surface area contributed by atoms with Crippen molar-refractivity contribution in [1.82, 2.24) is 0 Å². The summed E-state index contributed by atoms with van der Waals surface area (Å²) in [6.07, 6.45) is -1.09. The van der Waals surface area contributed by atoms with Gasteiger partial charge in [0.15, 0.2) is 0 Å². The lowest BCUT2D eigenvalue weighted by molar-refractivity contribution is -0.160. The standard InChI is InChI=1S/C22H22O7/c23-19(24)11-17(15-7-3-1-4-8-15)13-21(27)29-22(28)14-18(12-20(25)26)16-9-5-2-6-10-16/h1-10,17-18H,11-14H2,(H,23,24)(H,25,26). The van der Waals surface area contributed by atoms with Gasteiger partial charge in [-0.15, -0.1) is 0 Å². The molecule has 0 aliphatic carbocycles. The van der Waals surface area contributed by atoms with Crippen LogP contribution < -0.4 is 0 Å².